The molecular weight excluding hydrogens is 467 g/mol. The van der Waals surface area contributed by atoms with Crippen molar-refractivity contribution in [3.05, 3.63) is 45.8 Å². The standard InChI is InChI=1S/C25H31FN6O2S/c1-12(2)34-20-11-32(10-18(20)27)21-7-4-14-8-15(5-6-19(14)31-21)30-24(33)23-22(28)16-9-17(26)13(3)29-25(16)35-23/h4,7,9,12,15,18,20H,5-6,8,10-11,27-28H2,1-3H3,(H,30,33). The van der Waals surface area contributed by atoms with E-state index in [0.717, 1.165) is 43.0 Å². The predicted molar refractivity (Wildman–Crippen MR) is 136 cm³/mol. The fourth-order valence-electron chi connectivity index (χ4n) is 4.90. The zero-order valence-electron chi connectivity index (χ0n) is 20.2. The number of thiophene rings is 1. The van der Waals surface area contributed by atoms with Crippen molar-refractivity contribution in [2.75, 3.05) is 23.7 Å². The second kappa shape index (κ2) is 9.33. The van der Waals surface area contributed by atoms with Crippen LogP contribution in [-0.4, -0.2) is 53.3 Å². The van der Waals surface area contributed by atoms with Crippen LogP contribution in [0.2, 0.25) is 0 Å². The first-order valence-corrected chi connectivity index (χ1v) is 12.8. The van der Waals surface area contributed by atoms with Gasteiger partial charge in [-0.25, -0.2) is 14.4 Å². The van der Waals surface area contributed by atoms with Gasteiger partial charge >= 0.3 is 0 Å². The summed E-state index contributed by atoms with van der Waals surface area (Å²) in [5.41, 5.74) is 15.2. The summed E-state index contributed by atoms with van der Waals surface area (Å²) in [6.45, 7) is 7.09. The molecule has 0 radical (unpaired) electrons. The van der Waals surface area contributed by atoms with E-state index < -0.39 is 5.82 Å². The highest BCUT2D eigenvalue weighted by Gasteiger charge is 2.33. The Morgan fingerprint density at radius 3 is 2.89 bits per heavy atom. The van der Waals surface area contributed by atoms with Crippen molar-refractivity contribution in [3.8, 4) is 0 Å². The van der Waals surface area contributed by atoms with Gasteiger partial charge in [0, 0.05) is 30.2 Å². The molecule has 1 saturated heterocycles. The number of hydrogen-bond acceptors (Lipinski definition) is 8. The van der Waals surface area contributed by atoms with Gasteiger partial charge in [0.25, 0.3) is 5.91 Å². The fourth-order valence-corrected chi connectivity index (χ4v) is 5.93. The molecule has 1 aliphatic carbocycles. The molecule has 5 rings (SSSR count). The number of aryl methyl sites for hydroxylation is 2. The van der Waals surface area contributed by atoms with Gasteiger partial charge in [-0.3, -0.25) is 4.79 Å². The van der Waals surface area contributed by atoms with E-state index in [-0.39, 0.29) is 35.9 Å². The number of nitrogen functional groups attached to an aromatic ring is 1. The highest BCUT2D eigenvalue weighted by atomic mass is 32.1. The van der Waals surface area contributed by atoms with E-state index in [9.17, 15) is 9.18 Å². The van der Waals surface area contributed by atoms with Crippen LogP contribution in [-0.2, 0) is 17.6 Å². The molecule has 1 amide bonds. The molecule has 10 heteroatoms. The van der Waals surface area contributed by atoms with Crippen LogP contribution >= 0.6 is 11.3 Å². The van der Waals surface area contributed by atoms with Crippen LogP contribution in [0, 0.1) is 12.7 Å². The zero-order chi connectivity index (χ0) is 24.9. The Balaban J connectivity index is 1.26. The Bertz CT molecular complexity index is 1280. The van der Waals surface area contributed by atoms with Crippen molar-refractivity contribution in [2.45, 2.75) is 64.3 Å². The summed E-state index contributed by atoms with van der Waals surface area (Å²) in [5.74, 6) is 0.247. The van der Waals surface area contributed by atoms with E-state index in [4.69, 9.17) is 21.2 Å². The van der Waals surface area contributed by atoms with E-state index >= 15 is 0 Å². The van der Waals surface area contributed by atoms with Gasteiger partial charge in [0.05, 0.1) is 29.6 Å². The van der Waals surface area contributed by atoms with Crippen LogP contribution < -0.4 is 21.7 Å². The van der Waals surface area contributed by atoms with Crippen molar-refractivity contribution in [1.82, 2.24) is 15.3 Å². The Morgan fingerprint density at radius 2 is 2.11 bits per heavy atom. The minimum Gasteiger partial charge on any atom is -0.397 e. The van der Waals surface area contributed by atoms with Gasteiger partial charge in [0.1, 0.15) is 21.3 Å². The number of carbonyl (C=O) groups excluding carboxylic acids is 1. The highest BCUT2D eigenvalue weighted by Crippen LogP contribution is 2.34. The summed E-state index contributed by atoms with van der Waals surface area (Å²) in [4.78, 5) is 25.3. The van der Waals surface area contributed by atoms with Gasteiger partial charge in [0.15, 0.2) is 0 Å². The first-order chi connectivity index (χ1) is 16.7. The average molecular weight is 499 g/mol. The molecule has 3 unspecified atom stereocenters. The van der Waals surface area contributed by atoms with Crippen LogP contribution in [0.5, 0.6) is 0 Å². The molecule has 0 spiro atoms. The monoisotopic (exact) mass is 498 g/mol. The lowest BCUT2D eigenvalue weighted by Gasteiger charge is -2.26. The number of rotatable bonds is 5. The second-order valence-electron chi connectivity index (χ2n) is 9.73. The second-order valence-corrected chi connectivity index (χ2v) is 10.7. The van der Waals surface area contributed by atoms with E-state index in [1.54, 1.807) is 6.92 Å². The normalized spacial score (nSPS) is 22.1. The molecule has 3 atom stereocenters. The summed E-state index contributed by atoms with van der Waals surface area (Å²) < 4.78 is 19.9. The van der Waals surface area contributed by atoms with Crippen LogP contribution in [0.1, 0.15) is 46.9 Å². The van der Waals surface area contributed by atoms with E-state index in [1.807, 2.05) is 19.9 Å². The molecule has 1 aliphatic heterocycles. The summed E-state index contributed by atoms with van der Waals surface area (Å²) in [7, 11) is 0. The molecule has 3 aromatic rings. The number of hydrogen-bond donors (Lipinski definition) is 3. The lowest BCUT2D eigenvalue weighted by Crippen LogP contribution is -2.39. The molecule has 0 aromatic carbocycles. The number of nitrogens with zero attached hydrogens (tertiary/aromatic N) is 3. The molecule has 35 heavy (non-hydrogen) atoms. The quantitative estimate of drug-likeness (QED) is 0.495. The maximum atomic E-state index is 13.9. The van der Waals surface area contributed by atoms with Crippen molar-refractivity contribution in [3.63, 3.8) is 0 Å². The molecular formula is C25H31FN6O2S. The number of halogens is 1. The molecule has 0 saturated carbocycles. The number of nitrogens with two attached hydrogens (primary N) is 2. The maximum absolute atomic E-state index is 13.9. The third kappa shape index (κ3) is 4.70. The molecule has 1 fully saturated rings. The van der Waals surface area contributed by atoms with E-state index in [1.165, 1.54) is 17.4 Å². The van der Waals surface area contributed by atoms with Crippen LogP contribution in [0.4, 0.5) is 15.9 Å². The van der Waals surface area contributed by atoms with Gasteiger partial charge in [-0.15, -0.1) is 11.3 Å². The number of carbonyl (C=O) groups is 1. The summed E-state index contributed by atoms with van der Waals surface area (Å²) >= 11 is 1.20. The Hall–Kier alpha value is -2.82. The number of pyridine rings is 2. The van der Waals surface area contributed by atoms with Crippen molar-refractivity contribution >= 4 is 39.0 Å². The Labute approximate surface area is 207 Å². The van der Waals surface area contributed by atoms with Gasteiger partial charge in [-0.05, 0) is 57.7 Å². The van der Waals surface area contributed by atoms with Gasteiger partial charge in [-0.1, -0.05) is 6.07 Å². The molecule has 8 nitrogen and oxygen atoms in total. The Morgan fingerprint density at radius 1 is 1.31 bits per heavy atom. The minimum atomic E-state index is -0.427. The molecule has 0 bridgehead atoms. The smallest absolute Gasteiger partial charge is 0.263 e. The predicted octanol–water partition coefficient (Wildman–Crippen LogP) is 2.95. The summed E-state index contributed by atoms with van der Waals surface area (Å²) in [6.07, 6.45) is 2.39. The summed E-state index contributed by atoms with van der Waals surface area (Å²) in [5, 5.41) is 3.59. The maximum Gasteiger partial charge on any atom is 0.263 e. The molecule has 4 heterocycles. The van der Waals surface area contributed by atoms with E-state index in [2.05, 4.69) is 21.3 Å². The number of nitrogens with one attached hydrogen (secondary N) is 1. The van der Waals surface area contributed by atoms with Crippen LogP contribution in [0.15, 0.2) is 18.2 Å². The number of aromatic nitrogens is 2. The molecule has 2 aliphatic rings. The number of fused-ring (bicyclic) bond motifs is 2. The summed E-state index contributed by atoms with van der Waals surface area (Å²) in [6, 6.07) is 5.42. The van der Waals surface area contributed by atoms with Gasteiger partial charge < -0.3 is 26.4 Å². The topological polar surface area (TPSA) is 119 Å². The number of ether oxygens (including phenoxy) is 1. The average Bonchev–Trinajstić information content (AvgIpc) is 3.33. The van der Waals surface area contributed by atoms with Crippen molar-refractivity contribution < 1.29 is 13.9 Å². The van der Waals surface area contributed by atoms with Gasteiger partial charge in [-0.2, -0.15) is 0 Å². The number of amides is 1. The highest BCUT2D eigenvalue weighted by molar-refractivity contribution is 7.21. The Kier molecular flexibility index (Phi) is 6.37. The minimum absolute atomic E-state index is 0.00405. The fraction of sp³-hybridized carbons (Fsp3) is 0.480. The molecule has 3 aromatic heterocycles. The first kappa shape index (κ1) is 23.9. The first-order valence-electron chi connectivity index (χ1n) is 12.0. The van der Waals surface area contributed by atoms with E-state index in [0.29, 0.717) is 27.2 Å². The number of anilines is 2. The van der Waals surface area contributed by atoms with Crippen LogP contribution in [0.3, 0.4) is 0 Å². The molecule has 5 N–H and O–H groups in total. The lowest BCUT2D eigenvalue weighted by atomic mass is 9.91. The van der Waals surface area contributed by atoms with Crippen molar-refractivity contribution in [2.24, 2.45) is 5.73 Å². The third-order valence-corrected chi connectivity index (χ3v) is 7.84. The zero-order valence-corrected chi connectivity index (χ0v) is 21.0. The van der Waals surface area contributed by atoms with Gasteiger partial charge in [0.2, 0.25) is 0 Å². The third-order valence-electron chi connectivity index (χ3n) is 6.72. The largest absolute Gasteiger partial charge is 0.397 e. The lowest BCUT2D eigenvalue weighted by molar-refractivity contribution is 0.0127. The SMILES string of the molecule is Cc1nc2sc(C(=O)NC3CCc4nc(N5CC(N)C(OC(C)C)C5)ccc4C3)c(N)c2cc1F. The van der Waals surface area contributed by atoms with Crippen LogP contribution in [0.25, 0.3) is 10.2 Å². The molecule has 186 valence electrons. The van der Waals surface area contributed by atoms with Crippen molar-refractivity contribution in [1.29, 1.82) is 0 Å².